The Labute approximate surface area is 128 Å². The molecule has 4 heteroatoms. The van der Waals surface area contributed by atoms with Crippen molar-refractivity contribution in [3.63, 3.8) is 0 Å². The maximum atomic E-state index is 6.03. The highest BCUT2D eigenvalue weighted by atomic mass is 35.5. The summed E-state index contributed by atoms with van der Waals surface area (Å²) in [5, 5.41) is 2.98. The van der Waals surface area contributed by atoms with Gasteiger partial charge in [0.1, 0.15) is 16.9 Å². The van der Waals surface area contributed by atoms with Crippen LogP contribution < -0.4 is 4.74 Å². The van der Waals surface area contributed by atoms with Gasteiger partial charge in [0.15, 0.2) is 0 Å². The molecule has 0 bridgehead atoms. The molecule has 20 heavy (non-hydrogen) atoms. The van der Waals surface area contributed by atoms with Crippen LogP contribution in [0.15, 0.2) is 23.6 Å². The summed E-state index contributed by atoms with van der Waals surface area (Å²) in [6, 6.07) is 6.49. The SMILES string of the molecule is CC(Oc1ccc2c(c1)CCCC2)c1nc(CCl)cs1. The van der Waals surface area contributed by atoms with E-state index in [2.05, 4.69) is 23.2 Å². The van der Waals surface area contributed by atoms with E-state index in [0.29, 0.717) is 5.88 Å². The number of fused-ring (bicyclic) bond motifs is 1. The Morgan fingerprint density at radius 3 is 2.85 bits per heavy atom. The summed E-state index contributed by atoms with van der Waals surface area (Å²) < 4.78 is 6.03. The molecular weight excluding hydrogens is 290 g/mol. The number of alkyl halides is 1. The minimum absolute atomic E-state index is 0.0291. The van der Waals surface area contributed by atoms with Gasteiger partial charge in [0.2, 0.25) is 0 Å². The summed E-state index contributed by atoms with van der Waals surface area (Å²) in [5.41, 5.74) is 3.85. The number of aromatic nitrogens is 1. The monoisotopic (exact) mass is 307 g/mol. The predicted molar refractivity (Wildman–Crippen MR) is 83.8 cm³/mol. The lowest BCUT2D eigenvalue weighted by atomic mass is 9.92. The predicted octanol–water partition coefficient (Wildman–Crippen LogP) is 4.90. The minimum Gasteiger partial charge on any atom is -0.484 e. The van der Waals surface area contributed by atoms with Crippen LogP contribution in [-0.4, -0.2) is 4.98 Å². The Bertz CT molecular complexity index is 596. The number of benzene rings is 1. The fourth-order valence-corrected chi connectivity index (χ4v) is 3.64. The third-order valence-corrected chi connectivity index (χ3v) is 5.02. The Kier molecular flexibility index (Phi) is 4.27. The molecule has 0 saturated heterocycles. The van der Waals surface area contributed by atoms with Gasteiger partial charge in [0.25, 0.3) is 0 Å². The average Bonchev–Trinajstić information content (AvgIpc) is 2.96. The fourth-order valence-electron chi connectivity index (χ4n) is 2.61. The summed E-state index contributed by atoms with van der Waals surface area (Å²) in [6.45, 7) is 2.04. The van der Waals surface area contributed by atoms with Crippen molar-refractivity contribution < 1.29 is 4.74 Å². The van der Waals surface area contributed by atoms with Crippen LogP contribution >= 0.6 is 22.9 Å². The van der Waals surface area contributed by atoms with Gasteiger partial charge in [-0.05, 0) is 55.9 Å². The van der Waals surface area contributed by atoms with Crippen LogP contribution in [0.4, 0.5) is 0 Å². The molecule has 1 aromatic heterocycles. The average molecular weight is 308 g/mol. The summed E-state index contributed by atoms with van der Waals surface area (Å²) >= 11 is 7.40. The highest BCUT2D eigenvalue weighted by Gasteiger charge is 2.14. The van der Waals surface area contributed by atoms with Crippen LogP contribution in [-0.2, 0) is 18.7 Å². The fraction of sp³-hybridized carbons (Fsp3) is 0.438. The zero-order chi connectivity index (χ0) is 13.9. The highest BCUT2D eigenvalue weighted by molar-refractivity contribution is 7.09. The lowest BCUT2D eigenvalue weighted by Crippen LogP contribution is -2.06. The van der Waals surface area contributed by atoms with E-state index in [1.165, 1.54) is 36.8 Å². The normalized spacial score (nSPS) is 15.7. The van der Waals surface area contributed by atoms with Crippen molar-refractivity contribution in [3.05, 3.63) is 45.4 Å². The molecule has 0 saturated carbocycles. The van der Waals surface area contributed by atoms with Gasteiger partial charge >= 0.3 is 0 Å². The summed E-state index contributed by atoms with van der Waals surface area (Å²) in [5.74, 6) is 1.41. The van der Waals surface area contributed by atoms with Gasteiger partial charge in [-0.1, -0.05) is 6.07 Å². The third-order valence-electron chi connectivity index (χ3n) is 3.69. The number of thiazole rings is 1. The van der Waals surface area contributed by atoms with Crippen LogP contribution in [0.1, 0.15) is 47.7 Å². The molecule has 1 unspecified atom stereocenters. The molecule has 0 N–H and O–H groups in total. The zero-order valence-electron chi connectivity index (χ0n) is 11.6. The number of aryl methyl sites for hydroxylation is 2. The maximum Gasteiger partial charge on any atom is 0.147 e. The van der Waals surface area contributed by atoms with Crippen LogP contribution in [0.25, 0.3) is 0 Å². The molecule has 1 atom stereocenters. The van der Waals surface area contributed by atoms with Gasteiger partial charge in [-0.15, -0.1) is 22.9 Å². The van der Waals surface area contributed by atoms with E-state index in [0.717, 1.165) is 16.5 Å². The van der Waals surface area contributed by atoms with Gasteiger partial charge < -0.3 is 4.74 Å². The second kappa shape index (κ2) is 6.15. The maximum absolute atomic E-state index is 6.03. The van der Waals surface area contributed by atoms with Crippen LogP contribution in [0.2, 0.25) is 0 Å². The first-order valence-corrected chi connectivity index (χ1v) is 8.46. The molecule has 0 radical (unpaired) electrons. The summed E-state index contributed by atoms with van der Waals surface area (Å²) in [4.78, 5) is 4.47. The highest BCUT2D eigenvalue weighted by Crippen LogP contribution is 2.29. The van der Waals surface area contributed by atoms with Crippen molar-refractivity contribution >= 4 is 22.9 Å². The molecule has 2 aromatic rings. The smallest absolute Gasteiger partial charge is 0.147 e. The number of hydrogen-bond donors (Lipinski definition) is 0. The van der Waals surface area contributed by atoms with Crippen molar-refractivity contribution in [2.24, 2.45) is 0 Å². The first-order valence-electron chi connectivity index (χ1n) is 7.05. The first kappa shape index (κ1) is 13.9. The third kappa shape index (κ3) is 2.99. The molecule has 2 nitrogen and oxygen atoms in total. The Morgan fingerprint density at radius 1 is 1.30 bits per heavy atom. The van der Waals surface area contributed by atoms with Crippen molar-refractivity contribution in [1.29, 1.82) is 0 Å². The van der Waals surface area contributed by atoms with E-state index in [4.69, 9.17) is 16.3 Å². The number of halogens is 1. The van der Waals surface area contributed by atoms with Crippen molar-refractivity contribution in [2.45, 2.75) is 44.6 Å². The lowest BCUT2D eigenvalue weighted by molar-refractivity contribution is 0.226. The molecule has 0 fully saturated rings. The molecule has 0 spiro atoms. The van der Waals surface area contributed by atoms with E-state index in [9.17, 15) is 0 Å². The Balaban J connectivity index is 1.73. The van der Waals surface area contributed by atoms with Gasteiger partial charge in [-0.25, -0.2) is 4.98 Å². The van der Waals surface area contributed by atoms with Gasteiger partial charge in [0, 0.05) is 5.38 Å². The molecule has 1 aromatic carbocycles. The minimum atomic E-state index is -0.0291. The molecule has 1 aliphatic carbocycles. The number of nitrogens with zero attached hydrogens (tertiary/aromatic N) is 1. The second-order valence-corrected chi connectivity index (χ2v) is 6.37. The van der Waals surface area contributed by atoms with E-state index in [1.807, 2.05) is 12.3 Å². The zero-order valence-corrected chi connectivity index (χ0v) is 13.1. The van der Waals surface area contributed by atoms with Crippen LogP contribution in [0.3, 0.4) is 0 Å². The molecule has 106 valence electrons. The van der Waals surface area contributed by atoms with Crippen molar-refractivity contribution in [2.75, 3.05) is 0 Å². The summed E-state index contributed by atoms with van der Waals surface area (Å²) in [6.07, 6.45) is 4.95. The Morgan fingerprint density at radius 2 is 2.10 bits per heavy atom. The topological polar surface area (TPSA) is 22.1 Å². The van der Waals surface area contributed by atoms with E-state index in [-0.39, 0.29) is 6.10 Å². The molecule has 1 aliphatic rings. The quantitative estimate of drug-likeness (QED) is 0.749. The second-order valence-electron chi connectivity index (χ2n) is 5.21. The van der Waals surface area contributed by atoms with Crippen LogP contribution in [0, 0.1) is 0 Å². The Hall–Kier alpha value is -1.06. The van der Waals surface area contributed by atoms with Crippen molar-refractivity contribution in [3.8, 4) is 5.75 Å². The number of rotatable bonds is 4. The lowest BCUT2D eigenvalue weighted by Gasteiger charge is -2.18. The largest absolute Gasteiger partial charge is 0.484 e. The van der Waals surface area contributed by atoms with E-state index in [1.54, 1.807) is 11.3 Å². The number of ether oxygens (including phenoxy) is 1. The first-order chi connectivity index (χ1) is 9.76. The molecule has 0 aliphatic heterocycles. The summed E-state index contributed by atoms with van der Waals surface area (Å²) in [7, 11) is 0. The number of hydrogen-bond acceptors (Lipinski definition) is 3. The van der Waals surface area contributed by atoms with Crippen molar-refractivity contribution in [1.82, 2.24) is 4.98 Å². The molecular formula is C16H18ClNOS. The molecule has 1 heterocycles. The van der Waals surface area contributed by atoms with Gasteiger partial charge in [-0.3, -0.25) is 0 Å². The van der Waals surface area contributed by atoms with Gasteiger partial charge in [-0.2, -0.15) is 0 Å². The van der Waals surface area contributed by atoms with E-state index < -0.39 is 0 Å². The standard InChI is InChI=1S/C16H18ClNOS/c1-11(16-18-14(9-17)10-20-16)19-15-7-6-12-4-2-3-5-13(12)8-15/h6-8,10-11H,2-5,9H2,1H3. The molecule has 0 amide bonds. The van der Waals surface area contributed by atoms with E-state index >= 15 is 0 Å². The van der Waals surface area contributed by atoms with Crippen LogP contribution in [0.5, 0.6) is 5.75 Å². The molecule has 3 rings (SSSR count). The van der Waals surface area contributed by atoms with Gasteiger partial charge in [0.05, 0.1) is 11.6 Å².